The highest BCUT2D eigenvalue weighted by Crippen LogP contribution is 2.23. The van der Waals surface area contributed by atoms with Gasteiger partial charge in [-0.1, -0.05) is 23.4 Å². The van der Waals surface area contributed by atoms with E-state index in [-0.39, 0.29) is 17.3 Å². The first-order valence-electron chi connectivity index (χ1n) is 5.64. The largest absolute Gasteiger partial charge is 0.384 e. The van der Waals surface area contributed by atoms with Crippen molar-refractivity contribution >= 4 is 33.0 Å². The molecule has 1 aromatic carbocycles. The van der Waals surface area contributed by atoms with Crippen LogP contribution >= 0.6 is 11.6 Å². The molecule has 0 fully saturated rings. The van der Waals surface area contributed by atoms with Gasteiger partial charge in [-0.3, -0.25) is 4.79 Å². The molecule has 0 aliphatic heterocycles. The average Bonchev–Trinajstić information content (AvgIpc) is 2.37. The zero-order chi connectivity index (χ0) is 15.3. The molecule has 1 rings (SSSR count). The second kappa shape index (κ2) is 6.75. The maximum absolute atomic E-state index is 11.8. The van der Waals surface area contributed by atoms with E-state index in [1.54, 1.807) is 6.07 Å². The van der Waals surface area contributed by atoms with Gasteiger partial charge in [0.2, 0.25) is 5.91 Å². The third-order valence-corrected chi connectivity index (χ3v) is 4.38. The van der Waals surface area contributed by atoms with Gasteiger partial charge in [-0.15, -0.1) is 0 Å². The second-order valence-corrected chi connectivity index (χ2v) is 6.89. The summed E-state index contributed by atoms with van der Waals surface area (Å²) in [5.74, 6) is 4.47. The Morgan fingerprint density at radius 1 is 1.50 bits per heavy atom. The van der Waals surface area contributed by atoms with Crippen molar-refractivity contribution in [3.63, 3.8) is 0 Å². The van der Waals surface area contributed by atoms with E-state index in [0.717, 1.165) is 6.26 Å². The van der Waals surface area contributed by atoms with Crippen molar-refractivity contribution in [2.24, 2.45) is 0 Å². The third kappa shape index (κ3) is 4.53. The zero-order valence-corrected chi connectivity index (χ0v) is 12.5. The quantitative estimate of drug-likeness (QED) is 0.817. The van der Waals surface area contributed by atoms with E-state index in [0.29, 0.717) is 5.56 Å². The van der Waals surface area contributed by atoms with Crippen LogP contribution in [-0.2, 0) is 14.6 Å². The molecule has 0 aromatic heterocycles. The summed E-state index contributed by atoms with van der Waals surface area (Å²) in [6, 6.07) is 4.67. The Balaban J connectivity index is 3.00. The number of nitrogens with one attached hydrogen (secondary N) is 1. The molecule has 1 aromatic rings. The van der Waals surface area contributed by atoms with E-state index >= 15 is 0 Å². The summed E-state index contributed by atoms with van der Waals surface area (Å²) in [7, 11) is -3.48. The van der Waals surface area contributed by atoms with Crippen molar-refractivity contribution in [1.82, 2.24) is 0 Å². The molecule has 2 N–H and O–H groups in total. The number of hydrogen-bond donors (Lipinski definition) is 2. The molecule has 1 amide bonds. The molecule has 0 heterocycles. The Hall–Kier alpha value is -1.55. The SMILES string of the molecule is CC(C(=O)Nc1cc(C#CCO)ccc1Cl)S(C)(=O)=O. The van der Waals surface area contributed by atoms with Crippen LogP contribution in [0.4, 0.5) is 5.69 Å². The summed E-state index contributed by atoms with van der Waals surface area (Å²) in [5, 5.41) is 10.2. The van der Waals surface area contributed by atoms with Crippen LogP contribution in [0.2, 0.25) is 5.02 Å². The fourth-order valence-electron chi connectivity index (χ4n) is 1.27. The van der Waals surface area contributed by atoms with Gasteiger partial charge >= 0.3 is 0 Å². The molecule has 0 saturated carbocycles. The molecule has 0 aliphatic rings. The summed E-state index contributed by atoms with van der Waals surface area (Å²) in [6.45, 7) is 1.02. The Morgan fingerprint density at radius 3 is 2.70 bits per heavy atom. The number of anilines is 1. The van der Waals surface area contributed by atoms with Crippen LogP contribution in [0.25, 0.3) is 0 Å². The molecule has 0 saturated heterocycles. The smallest absolute Gasteiger partial charge is 0.242 e. The number of benzene rings is 1. The van der Waals surface area contributed by atoms with Gasteiger partial charge in [0, 0.05) is 11.8 Å². The summed E-state index contributed by atoms with van der Waals surface area (Å²) in [4.78, 5) is 11.8. The molecule has 1 unspecified atom stereocenters. The molecule has 108 valence electrons. The Bertz CT molecular complexity index is 673. The van der Waals surface area contributed by atoms with E-state index in [2.05, 4.69) is 17.2 Å². The number of aliphatic hydroxyl groups excluding tert-OH is 1. The summed E-state index contributed by atoms with van der Waals surface area (Å²) in [6.07, 6.45) is 0.988. The first-order chi connectivity index (χ1) is 9.25. The molecule has 0 bridgehead atoms. The zero-order valence-electron chi connectivity index (χ0n) is 11.0. The van der Waals surface area contributed by atoms with E-state index < -0.39 is 21.0 Å². The molecule has 20 heavy (non-hydrogen) atoms. The maximum Gasteiger partial charge on any atom is 0.242 e. The molecular formula is C13H14ClNO4S. The highest BCUT2D eigenvalue weighted by atomic mass is 35.5. The van der Waals surface area contributed by atoms with Crippen molar-refractivity contribution < 1.29 is 18.3 Å². The summed E-state index contributed by atoms with van der Waals surface area (Å²) < 4.78 is 22.6. The second-order valence-electron chi connectivity index (χ2n) is 4.12. The Kier molecular flexibility index (Phi) is 5.57. The molecule has 7 heteroatoms. The predicted octanol–water partition coefficient (Wildman–Crippen LogP) is 1.06. The van der Waals surface area contributed by atoms with Crippen LogP contribution in [0.5, 0.6) is 0 Å². The van der Waals surface area contributed by atoms with Crippen LogP contribution in [0.3, 0.4) is 0 Å². The molecular weight excluding hydrogens is 302 g/mol. The van der Waals surface area contributed by atoms with Crippen LogP contribution < -0.4 is 5.32 Å². The van der Waals surface area contributed by atoms with Crippen molar-refractivity contribution in [2.75, 3.05) is 18.2 Å². The van der Waals surface area contributed by atoms with Crippen LogP contribution in [0.15, 0.2) is 18.2 Å². The predicted molar refractivity (Wildman–Crippen MR) is 78.4 cm³/mol. The van der Waals surface area contributed by atoms with Crippen molar-refractivity contribution in [1.29, 1.82) is 0 Å². The average molecular weight is 316 g/mol. The van der Waals surface area contributed by atoms with Gasteiger partial charge in [-0.05, 0) is 25.1 Å². The van der Waals surface area contributed by atoms with Gasteiger partial charge < -0.3 is 10.4 Å². The lowest BCUT2D eigenvalue weighted by Crippen LogP contribution is -2.31. The van der Waals surface area contributed by atoms with Gasteiger partial charge in [0.15, 0.2) is 9.84 Å². The van der Waals surface area contributed by atoms with Crippen LogP contribution in [0, 0.1) is 11.8 Å². The Labute approximate surface area is 122 Å². The number of rotatable bonds is 3. The minimum Gasteiger partial charge on any atom is -0.384 e. The van der Waals surface area contributed by atoms with Gasteiger partial charge in [-0.2, -0.15) is 0 Å². The molecule has 5 nitrogen and oxygen atoms in total. The number of carbonyl (C=O) groups excluding carboxylic acids is 1. The summed E-state index contributed by atoms with van der Waals surface area (Å²) in [5.41, 5.74) is 0.822. The number of hydrogen-bond acceptors (Lipinski definition) is 4. The van der Waals surface area contributed by atoms with Crippen molar-refractivity contribution in [3.05, 3.63) is 28.8 Å². The fraction of sp³-hybridized carbons (Fsp3) is 0.308. The van der Waals surface area contributed by atoms with Gasteiger partial charge in [0.1, 0.15) is 11.9 Å². The number of amides is 1. The number of aliphatic hydroxyl groups is 1. The minimum absolute atomic E-state index is 0.272. The van der Waals surface area contributed by atoms with E-state index in [1.807, 2.05) is 0 Å². The van der Waals surface area contributed by atoms with Crippen molar-refractivity contribution in [3.8, 4) is 11.8 Å². The number of carbonyl (C=O) groups is 1. The lowest BCUT2D eigenvalue weighted by atomic mass is 10.2. The fourth-order valence-corrected chi connectivity index (χ4v) is 1.88. The lowest BCUT2D eigenvalue weighted by Gasteiger charge is -2.11. The van der Waals surface area contributed by atoms with Gasteiger partial charge in [0.25, 0.3) is 0 Å². The molecule has 0 aliphatic carbocycles. The minimum atomic E-state index is -3.48. The topological polar surface area (TPSA) is 83.5 Å². The molecule has 0 radical (unpaired) electrons. The van der Waals surface area contributed by atoms with E-state index in [4.69, 9.17) is 16.7 Å². The monoisotopic (exact) mass is 315 g/mol. The highest BCUT2D eigenvalue weighted by Gasteiger charge is 2.24. The molecule has 1 atom stereocenters. The third-order valence-electron chi connectivity index (χ3n) is 2.55. The highest BCUT2D eigenvalue weighted by molar-refractivity contribution is 7.92. The van der Waals surface area contributed by atoms with E-state index in [9.17, 15) is 13.2 Å². The number of sulfone groups is 1. The normalized spacial score (nSPS) is 12.2. The maximum atomic E-state index is 11.8. The van der Waals surface area contributed by atoms with E-state index in [1.165, 1.54) is 19.1 Å². The Morgan fingerprint density at radius 2 is 2.15 bits per heavy atom. The number of halogens is 1. The first-order valence-corrected chi connectivity index (χ1v) is 7.98. The standard InChI is InChI=1S/C13H14ClNO4S/c1-9(20(2,18)19)13(17)15-12-8-10(4-3-7-16)5-6-11(12)14/h5-6,8-9,16H,7H2,1-2H3,(H,15,17). The first kappa shape index (κ1) is 16.5. The van der Waals surface area contributed by atoms with Crippen molar-refractivity contribution in [2.45, 2.75) is 12.2 Å². The lowest BCUT2D eigenvalue weighted by molar-refractivity contribution is -0.115. The van der Waals surface area contributed by atoms with Gasteiger partial charge in [0.05, 0.1) is 10.7 Å². The van der Waals surface area contributed by atoms with Crippen LogP contribution in [0.1, 0.15) is 12.5 Å². The molecule has 0 spiro atoms. The summed E-state index contributed by atoms with van der Waals surface area (Å²) >= 11 is 5.93. The van der Waals surface area contributed by atoms with Gasteiger partial charge in [-0.25, -0.2) is 8.42 Å². The van der Waals surface area contributed by atoms with Crippen LogP contribution in [-0.4, -0.2) is 37.5 Å².